The predicted octanol–water partition coefficient (Wildman–Crippen LogP) is 3.30. The van der Waals surface area contributed by atoms with E-state index in [1.54, 1.807) is 12.3 Å². The smallest absolute Gasteiger partial charge is 0.407 e. The molecular weight excluding hydrogens is 404 g/mol. The molecule has 0 atom stereocenters. The Morgan fingerprint density at radius 2 is 1.84 bits per heavy atom. The first kappa shape index (κ1) is 19.6. The number of alkyl carbamates (subject to hydrolysis) is 1. The number of carbonyl (C=O) groups excluding carboxylic acids is 1. The first-order chi connectivity index (χ1) is 15.7. The number of aromatic nitrogens is 3. The van der Waals surface area contributed by atoms with Gasteiger partial charge in [-0.1, -0.05) is 60.4 Å². The molecule has 7 heteroatoms. The van der Waals surface area contributed by atoms with E-state index in [-0.39, 0.29) is 18.1 Å². The predicted molar refractivity (Wildman–Crippen MR) is 120 cm³/mol. The molecule has 1 aliphatic carbocycles. The molecule has 2 heterocycles. The molecule has 2 aromatic heterocycles. The highest BCUT2D eigenvalue weighted by Crippen LogP contribution is 2.44. The van der Waals surface area contributed by atoms with Crippen LogP contribution >= 0.6 is 0 Å². The summed E-state index contributed by atoms with van der Waals surface area (Å²) in [4.78, 5) is 26.4. The molecule has 0 radical (unpaired) electrons. The second-order valence-electron chi connectivity index (χ2n) is 7.48. The fraction of sp³-hybridized carbons (Fsp3) is 0.160. The third-order valence-corrected chi connectivity index (χ3v) is 5.51. The summed E-state index contributed by atoms with van der Waals surface area (Å²) in [5.41, 5.74) is 5.67. The van der Waals surface area contributed by atoms with Gasteiger partial charge in [-0.25, -0.2) is 9.31 Å². The molecule has 2 aromatic carbocycles. The highest BCUT2D eigenvalue weighted by atomic mass is 16.5. The number of carbonyl (C=O) groups is 1. The average Bonchev–Trinajstić information content (AvgIpc) is 3.37. The number of hydrogen-bond acceptors (Lipinski definition) is 4. The summed E-state index contributed by atoms with van der Waals surface area (Å²) in [6.45, 7) is 0.653. The molecule has 0 fully saturated rings. The molecule has 2 N–H and O–H groups in total. The van der Waals surface area contributed by atoms with Crippen molar-refractivity contribution in [3.05, 3.63) is 94.2 Å². The lowest BCUT2D eigenvalue weighted by Gasteiger charge is -2.14. The number of hydrogen-bond donors (Lipinski definition) is 2. The van der Waals surface area contributed by atoms with Crippen LogP contribution in [0.4, 0.5) is 4.79 Å². The fourth-order valence-corrected chi connectivity index (χ4v) is 4.05. The Bertz CT molecular complexity index is 1380. The Labute approximate surface area is 184 Å². The Balaban J connectivity index is 1.14. The molecule has 7 nitrogen and oxygen atoms in total. The number of ether oxygens (including phenoxy) is 1. The van der Waals surface area contributed by atoms with Crippen molar-refractivity contribution in [1.82, 2.24) is 19.9 Å². The molecule has 0 bridgehead atoms. The van der Waals surface area contributed by atoms with E-state index in [1.807, 2.05) is 24.3 Å². The van der Waals surface area contributed by atoms with Crippen molar-refractivity contribution >= 4 is 11.6 Å². The Hall–Kier alpha value is -4.31. The second-order valence-corrected chi connectivity index (χ2v) is 7.48. The van der Waals surface area contributed by atoms with E-state index in [4.69, 9.17) is 4.74 Å². The quantitative estimate of drug-likeness (QED) is 0.389. The van der Waals surface area contributed by atoms with Crippen LogP contribution in [0.1, 0.15) is 29.0 Å². The van der Waals surface area contributed by atoms with Crippen LogP contribution in [0.15, 0.2) is 71.9 Å². The minimum Gasteiger partial charge on any atom is -0.449 e. The third-order valence-electron chi connectivity index (χ3n) is 5.51. The zero-order valence-corrected chi connectivity index (χ0v) is 17.2. The van der Waals surface area contributed by atoms with Crippen LogP contribution < -0.4 is 10.9 Å². The van der Waals surface area contributed by atoms with Crippen molar-refractivity contribution in [2.75, 3.05) is 13.2 Å². The molecule has 1 aliphatic rings. The van der Waals surface area contributed by atoms with E-state index in [2.05, 4.69) is 51.5 Å². The number of fused-ring (bicyclic) bond motifs is 4. The highest BCUT2D eigenvalue weighted by Gasteiger charge is 2.28. The van der Waals surface area contributed by atoms with Gasteiger partial charge in [0.2, 0.25) is 0 Å². The van der Waals surface area contributed by atoms with Gasteiger partial charge in [-0.05, 0) is 28.3 Å². The van der Waals surface area contributed by atoms with E-state index < -0.39 is 6.09 Å². The Morgan fingerprint density at radius 3 is 2.56 bits per heavy atom. The molecule has 1 amide bonds. The van der Waals surface area contributed by atoms with Gasteiger partial charge in [0, 0.05) is 30.6 Å². The maximum Gasteiger partial charge on any atom is 0.407 e. The van der Waals surface area contributed by atoms with Gasteiger partial charge < -0.3 is 15.0 Å². The molecule has 0 unspecified atom stereocenters. The number of nitrogens with zero attached hydrogens (tertiary/aromatic N) is 2. The van der Waals surface area contributed by atoms with Crippen molar-refractivity contribution in [2.45, 2.75) is 12.3 Å². The molecular formula is C25H20N4O3. The summed E-state index contributed by atoms with van der Waals surface area (Å²) >= 11 is 0. The lowest BCUT2D eigenvalue weighted by Crippen LogP contribution is -2.26. The van der Waals surface area contributed by atoms with Crippen LogP contribution in [-0.4, -0.2) is 33.8 Å². The maximum atomic E-state index is 12.2. The average molecular weight is 424 g/mol. The van der Waals surface area contributed by atoms with Crippen molar-refractivity contribution < 1.29 is 9.53 Å². The summed E-state index contributed by atoms with van der Waals surface area (Å²) < 4.78 is 6.99. The van der Waals surface area contributed by atoms with E-state index in [0.717, 1.165) is 0 Å². The summed E-state index contributed by atoms with van der Waals surface area (Å²) in [5.74, 6) is 6.00. The topological polar surface area (TPSA) is 88.5 Å². The number of rotatable bonds is 4. The Kier molecular flexibility index (Phi) is 5.18. The van der Waals surface area contributed by atoms with Gasteiger partial charge in [-0.15, -0.1) is 0 Å². The van der Waals surface area contributed by atoms with Gasteiger partial charge in [0.15, 0.2) is 0 Å². The lowest BCUT2D eigenvalue weighted by molar-refractivity contribution is 0.143. The monoisotopic (exact) mass is 424 g/mol. The molecule has 0 saturated heterocycles. The zero-order valence-electron chi connectivity index (χ0n) is 17.2. The van der Waals surface area contributed by atoms with E-state index >= 15 is 0 Å². The highest BCUT2D eigenvalue weighted by molar-refractivity contribution is 5.79. The van der Waals surface area contributed by atoms with Gasteiger partial charge >= 0.3 is 6.09 Å². The molecule has 0 aliphatic heterocycles. The standard InChI is InChI=1S/C25H20N4O3/c30-24-23-13-17(14-29(23)28-16-27-24)7-5-6-12-26-25(31)32-15-22-20-10-3-1-8-18(20)19-9-2-4-11-21(19)22/h1-4,8-11,13-14,16,22H,6,12,15H2,(H,26,31)(H,27,28,30). The third kappa shape index (κ3) is 3.74. The van der Waals surface area contributed by atoms with Crippen LogP contribution in [0.5, 0.6) is 0 Å². The molecule has 4 aromatic rings. The molecule has 0 spiro atoms. The molecule has 158 valence electrons. The number of nitrogens with one attached hydrogen (secondary N) is 2. The van der Waals surface area contributed by atoms with E-state index in [9.17, 15) is 9.59 Å². The number of H-pyrrole nitrogens is 1. The number of benzene rings is 2. The summed E-state index contributed by atoms with van der Waals surface area (Å²) in [6, 6.07) is 18.1. The van der Waals surface area contributed by atoms with Crippen LogP contribution in [0.3, 0.4) is 0 Å². The second kappa shape index (κ2) is 8.44. The summed E-state index contributed by atoms with van der Waals surface area (Å²) in [7, 11) is 0. The number of aromatic amines is 1. The van der Waals surface area contributed by atoms with Crippen LogP contribution in [0.25, 0.3) is 16.6 Å². The van der Waals surface area contributed by atoms with E-state index in [0.29, 0.717) is 24.0 Å². The Morgan fingerprint density at radius 1 is 1.12 bits per heavy atom. The van der Waals surface area contributed by atoms with Crippen LogP contribution in [-0.2, 0) is 4.74 Å². The van der Waals surface area contributed by atoms with Gasteiger partial charge in [0.1, 0.15) is 18.5 Å². The SMILES string of the molecule is O=C(NCCC#Cc1cc2c(=O)[nH]cnn2c1)OCC1c2ccccc2-c2ccccc21. The van der Waals surface area contributed by atoms with Crippen molar-refractivity contribution in [2.24, 2.45) is 0 Å². The minimum absolute atomic E-state index is 0.0358. The first-order valence-electron chi connectivity index (χ1n) is 10.3. The van der Waals surface area contributed by atoms with Crippen molar-refractivity contribution in [3.63, 3.8) is 0 Å². The fourth-order valence-electron chi connectivity index (χ4n) is 4.05. The minimum atomic E-state index is -0.459. The first-order valence-corrected chi connectivity index (χ1v) is 10.3. The van der Waals surface area contributed by atoms with Crippen LogP contribution in [0, 0.1) is 11.8 Å². The molecule has 0 saturated carbocycles. The van der Waals surface area contributed by atoms with Gasteiger partial charge in [0.05, 0.1) is 0 Å². The van der Waals surface area contributed by atoms with Gasteiger partial charge in [-0.3, -0.25) is 4.79 Å². The van der Waals surface area contributed by atoms with E-state index in [1.165, 1.54) is 33.1 Å². The van der Waals surface area contributed by atoms with Gasteiger partial charge in [-0.2, -0.15) is 5.10 Å². The van der Waals surface area contributed by atoms with Crippen molar-refractivity contribution in [3.8, 4) is 23.0 Å². The zero-order chi connectivity index (χ0) is 21.9. The van der Waals surface area contributed by atoms with Crippen molar-refractivity contribution in [1.29, 1.82) is 0 Å². The van der Waals surface area contributed by atoms with Gasteiger partial charge in [0.25, 0.3) is 5.56 Å². The number of amides is 1. The van der Waals surface area contributed by atoms with Crippen LogP contribution in [0.2, 0.25) is 0 Å². The largest absolute Gasteiger partial charge is 0.449 e. The summed E-state index contributed by atoms with van der Waals surface area (Å²) in [6.07, 6.45) is 3.03. The maximum absolute atomic E-state index is 12.2. The lowest BCUT2D eigenvalue weighted by atomic mass is 9.98. The normalized spacial score (nSPS) is 12.0. The molecule has 5 rings (SSSR count). The molecule has 32 heavy (non-hydrogen) atoms. The summed E-state index contributed by atoms with van der Waals surface area (Å²) in [5, 5.41) is 6.77.